The molecule has 0 saturated carbocycles. The van der Waals surface area contributed by atoms with E-state index in [1.165, 1.54) is 22.3 Å². The van der Waals surface area contributed by atoms with Crippen LogP contribution in [0.1, 0.15) is 74.5 Å². The highest BCUT2D eigenvalue weighted by atomic mass is 16.5. The van der Waals surface area contributed by atoms with Crippen LogP contribution in [0.5, 0.6) is 11.5 Å². The third kappa shape index (κ3) is 9.69. The Morgan fingerprint density at radius 2 is 1.14 bits per heavy atom. The van der Waals surface area contributed by atoms with Crippen molar-refractivity contribution in [2.24, 2.45) is 4.99 Å². The molecule has 6 aromatic rings. The Morgan fingerprint density at radius 3 is 1.82 bits per heavy atom. The summed E-state index contributed by atoms with van der Waals surface area (Å²) in [7, 11) is 0. The van der Waals surface area contributed by atoms with Crippen LogP contribution in [0.15, 0.2) is 138 Å². The summed E-state index contributed by atoms with van der Waals surface area (Å²) < 4.78 is 11.9. The molecule has 6 aromatic carbocycles. The van der Waals surface area contributed by atoms with Crippen molar-refractivity contribution in [2.75, 3.05) is 5.32 Å². The van der Waals surface area contributed by atoms with Crippen molar-refractivity contribution in [3.63, 3.8) is 0 Å². The largest absolute Gasteiger partial charge is 0.489 e. The molecule has 0 radical (unpaired) electrons. The monoisotopic (exact) mass is 740 g/mol. The molecule has 1 N–H and O–H groups in total. The van der Waals surface area contributed by atoms with Crippen molar-refractivity contribution < 1.29 is 19.1 Å². The number of anilines is 1. The summed E-state index contributed by atoms with van der Waals surface area (Å²) in [5.74, 6) is 2.05. The Bertz CT molecular complexity index is 2380. The number of aliphatic imine (C=N–C) groups is 1. The lowest BCUT2D eigenvalue weighted by Crippen LogP contribution is -2.13. The Labute approximate surface area is 330 Å². The number of aryl methyl sites for hydroxylation is 4. The van der Waals surface area contributed by atoms with E-state index in [9.17, 15) is 9.59 Å². The molecule has 8 rings (SSSR count). The normalized spacial score (nSPS) is 14.8. The number of hydrogen-bond donors (Lipinski definition) is 1. The van der Waals surface area contributed by atoms with Gasteiger partial charge in [0.1, 0.15) is 36.3 Å². The Hall–Kier alpha value is -6.27. The van der Waals surface area contributed by atoms with Gasteiger partial charge in [0.2, 0.25) is 0 Å². The fourth-order valence-corrected chi connectivity index (χ4v) is 7.10. The third-order valence-corrected chi connectivity index (χ3v) is 10.5. The Balaban J connectivity index is 0.000000172. The van der Waals surface area contributed by atoms with Crippen LogP contribution in [0.4, 0.5) is 11.4 Å². The molecule has 2 heterocycles. The van der Waals surface area contributed by atoms with E-state index in [4.69, 9.17) is 14.5 Å². The van der Waals surface area contributed by atoms with Crippen LogP contribution >= 0.6 is 0 Å². The molecule has 1 atom stereocenters. The second-order valence-corrected chi connectivity index (χ2v) is 14.9. The van der Waals surface area contributed by atoms with Crippen molar-refractivity contribution in [3.05, 3.63) is 189 Å². The molecule has 2 aliphatic heterocycles. The minimum absolute atomic E-state index is 0.0452. The topological polar surface area (TPSA) is 77.0 Å². The fraction of sp³-hybridized carbons (Fsp3) is 0.220. The summed E-state index contributed by atoms with van der Waals surface area (Å²) in [6.07, 6.45) is 1.75. The van der Waals surface area contributed by atoms with E-state index < -0.39 is 0 Å². The highest BCUT2D eigenvalue weighted by Crippen LogP contribution is 2.34. The van der Waals surface area contributed by atoms with Crippen molar-refractivity contribution in [1.82, 2.24) is 0 Å². The molecule has 0 aliphatic carbocycles. The van der Waals surface area contributed by atoms with E-state index in [0.717, 1.165) is 62.0 Å². The molecule has 282 valence electrons. The number of fused-ring (bicyclic) bond motifs is 2. The van der Waals surface area contributed by atoms with Crippen LogP contribution < -0.4 is 14.8 Å². The van der Waals surface area contributed by atoms with Crippen molar-refractivity contribution >= 4 is 28.7 Å². The molecular weight excluding hydrogens is 693 g/mol. The molecule has 6 nitrogen and oxygen atoms in total. The zero-order valence-electron chi connectivity index (χ0n) is 32.6. The number of ketones is 2. The fourth-order valence-electron chi connectivity index (χ4n) is 7.10. The average Bonchev–Trinajstić information content (AvgIpc) is 3.47. The minimum Gasteiger partial charge on any atom is -0.489 e. The number of nitrogens with zero attached hydrogens (tertiary/aromatic N) is 1. The van der Waals surface area contributed by atoms with Crippen LogP contribution in [-0.4, -0.2) is 17.3 Å². The van der Waals surface area contributed by atoms with Gasteiger partial charge >= 0.3 is 0 Å². The second kappa shape index (κ2) is 17.5. The smallest absolute Gasteiger partial charge is 0.143 e. The first kappa shape index (κ1) is 38.0. The van der Waals surface area contributed by atoms with Crippen LogP contribution in [-0.2, 0) is 35.6 Å². The maximum Gasteiger partial charge on any atom is 0.143 e. The Kier molecular flexibility index (Phi) is 11.9. The third-order valence-electron chi connectivity index (χ3n) is 10.5. The standard InChI is InChI=1S/C25H25NO2.C25H23NO2/c2*1-17-11-21-13-22(27)15-25(26-24(21)12-18(17)2)20-9-6-10-23(14-20)28-16-19-7-4-3-5-8-19/h3-12,14,25-26H,13,15-16H2,1-2H3;3-12,14H,13,15-16H2,1-2H3. The molecule has 0 amide bonds. The first-order valence-corrected chi connectivity index (χ1v) is 19.3. The van der Waals surface area contributed by atoms with Gasteiger partial charge in [0.25, 0.3) is 0 Å². The molecule has 0 aromatic heterocycles. The average molecular weight is 741 g/mol. The van der Waals surface area contributed by atoms with Gasteiger partial charge in [-0.25, -0.2) is 0 Å². The van der Waals surface area contributed by atoms with Crippen LogP contribution in [0.3, 0.4) is 0 Å². The molecule has 0 saturated heterocycles. The molecule has 0 fully saturated rings. The van der Waals surface area contributed by atoms with Gasteiger partial charge in [-0.15, -0.1) is 0 Å². The summed E-state index contributed by atoms with van der Waals surface area (Å²) >= 11 is 0. The number of Topliss-reactive ketones (excluding diaryl/α,β-unsaturated/α-hetero) is 2. The van der Waals surface area contributed by atoms with Gasteiger partial charge in [0.05, 0.1) is 17.4 Å². The molecular formula is C50H48N2O4. The zero-order chi connectivity index (χ0) is 39.0. The molecule has 0 spiro atoms. The lowest BCUT2D eigenvalue weighted by Gasteiger charge is -2.20. The zero-order valence-corrected chi connectivity index (χ0v) is 32.6. The van der Waals surface area contributed by atoms with Gasteiger partial charge < -0.3 is 14.8 Å². The minimum atomic E-state index is -0.0452. The van der Waals surface area contributed by atoms with Crippen LogP contribution in [0.2, 0.25) is 0 Å². The number of carbonyl (C=O) groups is 2. The van der Waals surface area contributed by atoms with Crippen molar-refractivity contribution in [1.29, 1.82) is 0 Å². The summed E-state index contributed by atoms with van der Waals surface area (Å²) in [6.45, 7) is 9.39. The Morgan fingerprint density at radius 1 is 0.571 bits per heavy atom. The van der Waals surface area contributed by atoms with Gasteiger partial charge in [-0.05, 0) is 114 Å². The highest BCUT2D eigenvalue weighted by molar-refractivity contribution is 6.13. The predicted molar refractivity (Wildman–Crippen MR) is 225 cm³/mol. The summed E-state index contributed by atoms with van der Waals surface area (Å²) in [6, 6.07) is 44.5. The number of carbonyl (C=O) groups excluding carboxylic acids is 2. The summed E-state index contributed by atoms with van der Waals surface area (Å²) in [5.41, 5.74) is 14.0. The number of nitrogens with one attached hydrogen (secondary N) is 1. The first-order chi connectivity index (χ1) is 27.2. The van der Waals surface area contributed by atoms with Gasteiger partial charge in [-0.2, -0.15) is 0 Å². The van der Waals surface area contributed by atoms with E-state index >= 15 is 0 Å². The van der Waals surface area contributed by atoms with Gasteiger partial charge in [-0.3, -0.25) is 14.6 Å². The van der Waals surface area contributed by atoms with Crippen LogP contribution in [0.25, 0.3) is 0 Å². The lowest BCUT2D eigenvalue weighted by atomic mass is 9.99. The van der Waals surface area contributed by atoms with E-state index in [-0.39, 0.29) is 17.6 Å². The van der Waals surface area contributed by atoms with E-state index in [1.54, 1.807) is 0 Å². The molecule has 56 heavy (non-hydrogen) atoms. The molecule has 1 unspecified atom stereocenters. The summed E-state index contributed by atoms with van der Waals surface area (Å²) in [5, 5.41) is 3.60. The quantitative estimate of drug-likeness (QED) is 0.168. The van der Waals surface area contributed by atoms with E-state index in [0.29, 0.717) is 38.9 Å². The maximum absolute atomic E-state index is 12.6. The number of ether oxygens (including phenoxy) is 2. The van der Waals surface area contributed by atoms with Gasteiger partial charge in [0.15, 0.2) is 0 Å². The maximum atomic E-state index is 12.6. The lowest BCUT2D eigenvalue weighted by molar-refractivity contribution is -0.119. The second-order valence-electron chi connectivity index (χ2n) is 14.9. The molecule has 0 bridgehead atoms. The predicted octanol–water partition coefficient (Wildman–Crippen LogP) is 11.1. The van der Waals surface area contributed by atoms with Crippen LogP contribution in [0, 0.1) is 27.7 Å². The molecule has 6 heteroatoms. The summed E-state index contributed by atoms with van der Waals surface area (Å²) in [4.78, 5) is 29.9. The first-order valence-electron chi connectivity index (χ1n) is 19.3. The number of benzene rings is 6. The number of rotatable bonds is 8. The van der Waals surface area contributed by atoms with Crippen molar-refractivity contribution in [2.45, 2.75) is 72.6 Å². The van der Waals surface area contributed by atoms with Gasteiger partial charge in [0, 0.05) is 36.9 Å². The van der Waals surface area contributed by atoms with E-state index in [1.807, 2.05) is 91.0 Å². The van der Waals surface area contributed by atoms with Crippen molar-refractivity contribution in [3.8, 4) is 11.5 Å². The van der Waals surface area contributed by atoms with E-state index in [2.05, 4.69) is 75.5 Å². The number of hydrogen-bond acceptors (Lipinski definition) is 6. The molecule has 2 aliphatic rings. The van der Waals surface area contributed by atoms with Gasteiger partial charge in [-0.1, -0.05) is 97.1 Å². The highest BCUT2D eigenvalue weighted by Gasteiger charge is 2.24. The SMILES string of the molecule is Cc1cc2c(cc1C)N=C(c1cccc(OCc3ccccc3)c1)CC(=O)C2.Cc1cc2c(cc1C)NC(c1cccc(OCc3ccccc3)c1)CC(=O)C2.